The maximum Gasteiger partial charge on any atom is 0.123 e. The summed E-state index contributed by atoms with van der Waals surface area (Å²) in [6.07, 6.45) is 11.7. The number of nitrogen functional groups attached to an aromatic ring is 1. The highest BCUT2D eigenvalue weighted by molar-refractivity contribution is 5.29. The predicted molar refractivity (Wildman–Crippen MR) is 101 cm³/mol. The topological polar surface area (TPSA) is 74.2 Å². The molecule has 25 heavy (non-hydrogen) atoms. The Morgan fingerprint density at radius 1 is 1.24 bits per heavy atom. The molecule has 5 unspecified atom stereocenters. The molecule has 3 heterocycles. The number of nitrogens with zero attached hydrogens (tertiary/aromatic N) is 1. The molecule has 4 heteroatoms. The van der Waals surface area contributed by atoms with Crippen molar-refractivity contribution in [2.75, 3.05) is 5.73 Å². The number of nitrogens with two attached hydrogens (primary N) is 2. The Hall–Kier alpha value is -1.13. The molecular formula is C21H33N3O. The van der Waals surface area contributed by atoms with E-state index in [0.29, 0.717) is 23.7 Å². The molecule has 2 bridgehead atoms. The minimum absolute atomic E-state index is 0.0235. The summed E-state index contributed by atoms with van der Waals surface area (Å²) in [5.74, 6) is 2.50. The van der Waals surface area contributed by atoms with Crippen LogP contribution >= 0.6 is 0 Å². The van der Waals surface area contributed by atoms with Crippen molar-refractivity contribution in [2.24, 2.45) is 23.5 Å². The zero-order valence-electron chi connectivity index (χ0n) is 15.7. The van der Waals surface area contributed by atoms with Gasteiger partial charge in [0, 0.05) is 18.2 Å². The lowest BCUT2D eigenvalue weighted by atomic mass is 9.59. The Bertz CT molecular complexity index is 614. The van der Waals surface area contributed by atoms with Crippen molar-refractivity contribution >= 4 is 5.82 Å². The highest BCUT2D eigenvalue weighted by Crippen LogP contribution is 2.55. The van der Waals surface area contributed by atoms with Gasteiger partial charge in [0.05, 0.1) is 11.2 Å². The molecule has 4 nitrogen and oxygen atoms in total. The van der Waals surface area contributed by atoms with Gasteiger partial charge in [-0.2, -0.15) is 0 Å². The summed E-state index contributed by atoms with van der Waals surface area (Å²) < 4.78 is 6.78. The molecule has 0 aromatic carbocycles. The van der Waals surface area contributed by atoms with Crippen molar-refractivity contribution < 1.29 is 4.74 Å². The zero-order chi connectivity index (χ0) is 17.7. The summed E-state index contributed by atoms with van der Waals surface area (Å²) in [6.45, 7) is 4.51. The minimum Gasteiger partial charge on any atom is -0.384 e. The van der Waals surface area contributed by atoms with Gasteiger partial charge in [-0.25, -0.2) is 4.98 Å². The third-order valence-electron chi connectivity index (χ3n) is 7.23. The van der Waals surface area contributed by atoms with Crippen LogP contribution in [0, 0.1) is 17.8 Å². The van der Waals surface area contributed by atoms with E-state index in [1.54, 1.807) is 0 Å². The third kappa shape index (κ3) is 3.19. The van der Waals surface area contributed by atoms with E-state index in [2.05, 4.69) is 24.9 Å². The smallest absolute Gasteiger partial charge is 0.123 e. The van der Waals surface area contributed by atoms with Crippen LogP contribution in [-0.2, 0) is 11.2 Å². The summed E-state index contributed by atoms with van der Waals surface area (Å²) in [5.41, 5.74) is 13.5. The Balaban J connectivity index is 1.48. The molecule has 4 aliphatic rings. The number of aromatic nitrogens is 1. The van der Waals surface area contributed by atoms with Crippen LogP contribution < -0.4 is 11.5 Å². The number of rotatable bonds is 3. The van der Waals surface area contributed by atoms with Gasteiger partial charge in [-0.05, 0) is 75.8 Å². The molecule has 4 fully saturated rings. The lowest BCUT2D eigenvalue weighted by molar-refractivity contribution is -0.268. The van der Waals surface area contributed by atoms with Gasteiger partial charge >= 0.3 is 0 Å². The minimum atomic E-state index is -0.0657. The molecule has 4 N–H and O–H groups in total. The molecule has 5 atom stereocenters. The Kier molecular flexibility index (Phi) is 4.32. The Morgan fingerprint density at radius 3 is 2.76 bits per heavy atom. The van der Waals surface area contributed by atoms with E-state index in [1.165, 1.54) is 44.1 Å². The van der Waals surface area contributed by atoms with Crippen LogP contribution in [0.4, 0.5) is 5.82 Å². The van der Waals surface area contributed by atoms with Crippen molar-refractivity contribution in [3.05, 3.63) is 23.9 Å². The van der Waals surface area contributed by atoms with Crippen molar-refractivity contribution in [2.45, 2.75) is 82.5 Å². The maximum atomic E-state index is 6.78. The lowest BCUT2D eigenvalue weighted by Gasteiger charge is -2.61. The number of fused-ring (bicyclic) bond motifs is 3. The highest BCUT2D eigenvalue weighted by atomic mass is 16.5. The second kappa shape index (κ2) is 6.24. The van der Waals surface area contributed by atoms with E-state index < -0.39 is 0 Å². The number of pyridine rings is 1. The lowest BCUT2D eigenvalue weighted by Crippen LogP contribution is -2.66. The van der Waals surface area contributed by atoms with Crippen molar-refractivity contribution in [1.29, 1.82) is 0 Å². The predicted octanol–water partition coefficient (Wildman–Crippen LogP) is 3.69. The first-order valence-corrected chi connectivity index (χ1v) is 10.0. The molecule has 5 rings (SSSR count). The SMILES string of the molecule is CC1(C)OC2(C3CCCC(Cc4ccc(N)nc4)C3)CCC1C(N)C2. The van der Waals surface area contributed by atoms with Gasteiger partial charge in [0.1, 0.15) is 5.82 Å². The fraction of sp³-hybridized carbons (Fsp3) is 0.762. The molecule has 2 aliphatic heterocycles. The van der Waals surface area contributed by atoms with E-state index in [0.717, 1.165) is 18.8 Å². The van der Waals surface area contributed by atoms with Gasteiger partial charge in [0.15, 0.2) is 0 Å². The molecule has 2 saturated heterocycles. The maximum absolute atomic E-state index is 6.78. The molecule has 2 aliphatic carbocycles. The van der Waals surface area contributed by atoms with Crippen molar-refractivity contribution in [3.8, 4) is 0 Å². The van der Waals surface area contributed by atoms with Gasteiger partial charge in [-0.3, -0.25) is 0 Å². The summed E-state index contributed by atoms with van der Waals surface area (Å²) in [5, 5.41) is 0. The van der Waals surface area contributed by atoms with Gasteiger partial charge in [-0.1, -0.05) is 18.9 Å². The monoisotopic (exact) mass is 343 g/mol. The second-order valence-corrected chi connectivity index (χ2v) is 9.31. The van der Waals surface area contributed by atoms with Crippen LogP contribution in [0.3, 0.4) is 0 Å². The van der Waals surface area contributed by atoms with Crippen LogP contribution in [0.5, 0.6) is 0 Å². The first-order chi connectivity index (χ1) is 11.9. The van der Waals surface area contributed by atoms with Crippen molar-refractivity contribution in [1.82, 2.24) is 4.98 Å². The zero-order valence-corrected chi connectivity index (χ0v) is 15.7. The first kappa shape index (κ1) is 17.3. The number of hydrogen-bond donors (Lipinski definition) is 2. The van der Waals surface area contributed by atoms with E-state index in [1.807, 2.05) is 12.3 Å². The molecule has 1 aromatic heterocycles. The summed E-state index contributed by atoms with van der Waals surface area (Å²) in [4.78, 5) is 4.26. The van der Waals surface area contributed by atoms with Crippen LogP contribution in [0.2, 0.25) is 0 Å². The number of anilines is 1. The molecule has 1 aromatic rings. The third-order valence-corrected chi connectivity index (χ3v) is 7.23. The van der Waals surface area contributed by atoms with Gasteiger partial charge in [0.2, 0.25) is 0 Å². The van der Waals surface area contributed by atoms with Gasteiger partial charge in [-0.15, -0.1) is 0 Å². The van der Waals surface area contributed by atoms with Crippen LogP contribution in [-0.4, -0.2) is 22.2 Å². The standard InChI is InChI=1S/C21H33N3O/c1-20(2)17-8-9-21(25-20,12-18(17)22)16-5-3-4-14(11-16)10-15-6-7-19(23)24-13-15/h6-7,13-14,16-18H,3-5,8-12,22H2,1-2H3,(H2,23,24). The van der Waals surface area contributed by atoms with E-state index in [9.17, 15) is 0 Å². The van der Waals surface area contributed by atoms with Gasteiger partial charge in [0.25, 0.3) is 0 Å². The van der Waals surface area contributed by atoms with Crippen LogP contribution in [0.1, 0.15) is 64.4 Å². The summed E-state index contributed by atoms with van der Waals surface area (Å²) >= 11 is 0. The summed E-state index contributed by atoms with van der Waals surface area (Å²) in [6, 6.07) is 4.35. The largest absolute Gasteiger partial charge is 0.384 e. The quantitative estimate of drug-likeness (QED) is 0.878. The Labute approximate surface area is 151 Å². The summed E-state index contributed by atoms with van der Waals surface area (Å²) in [7, 11) is 0. The number of ether oxygens (including phenoxy) is 1. The van der Waals surface area contributed by atoms with Crippen LogP contribution in [0.25, 0.3) is 0 Å². The average molecular weight is 344 g/mol. The molecule has 2 saturated carbocycles. The van der Waals surface area contributed by atoms with E-state index in [4.69, 9.17) is 16.2 Å². The Morgan fingerprint density at radius 2 is 2.08 bits per heavy atom. The van der Waals surface area contributed by atoms with Gasteiger partial charge < -0.3 is 16.2 Å². The normalized spacial score (nSPS) is 40.1. The fourth-order valence-corrected chi connectivity index (χ4v) is 6.11. The molecule has 0 amide bonds. The van der Waals surface area contributed by atoms with E-state index in [-0.39, 0.29) is 11.2 Å². The van der Waals surface area contributed by atoms with Crippen LogP contribution in [0.15, 0.2) is 18.3 Å². The fourth-order valence-electron chi connectivity index (χ4n) is 6.11. The molecule has 0 radical (unpaired) electrons. The second-order valence-electron chi connectivity index (χ2n) is 9.31. The number of hydrogen-bond acceptors (Lipinski definition) is 4. The molecule has 0 spiro atoms. The van der Waals surface area contributed by atoms with Crippen molar-refractivity contribution in [3.63, 3.8) is 0 Å². The average Bonchev–Trinajstić information content (AvgIpc) is 2.56. The molecule has 138 valence electrons. The van der Waals surface area contributed by atoms with E-state index >= 15 is 0 Å². The first-order valence-electron chi connectivity index (χ1n) is 10.0. The molecular weight excluding hydrogens is 310 g/mol. The highest BCUT2D eigenvalue weighted by Gasteiger charge is 2.57.